The van der Waals surface area contributed by atoms with Gasteiger partial charge in [0.2, 0.25) is 0 Å². The van der Waals surface area contributed by atoms with E-state index in [0.29, 0.717) is 12.1 Å². The van der Waals surface area contributed by atoms with Crippen molar-refractivity contribution in [3.05, 3.63) is 0 Å². The summed E-state index contributed by atoms with van der Waals surface area (Å²) in [6, 6.07) is 0.563. The van der Waals surface area contributed by atoms with E-state index in [0.717, 1.165) is 19.7 Å². The van der Waals surface area contributed by atoms with E-state index in [2.05, 4.69) is 30.5 Å². The van der Waals surface area contributed by atoms with Gasteiger partial charge in [0.05, 0.1) is 12.7 Å². The second-order valence-corrected chi connectivity index (χ2v) is 6.55. The summed E-state index contributed by atoms with van der Waals surface area (Å²) in [4.78, 5) is 2.67. The van der Waals surface area contributed by atoms with Crippen molar-refractivity contribution in [2.24, 2.45) is 5.73 Å². The van der Waals surface area contributed by atoms with Crippen molar-refractivity contribution < 1.29 is 4.74 Å². The zero-order valence-corrected chi connectivity index (χ0v) is 12.0. The van der Waals surface area contributed by atoms with Crippen LogP contribution < -0.4 is 5.73 Å². The quantitative estimate of drug-likeness (QED) is 0.836. The fraction of sp³-hybridized carbons (Fsp3) is 1.00. The smallest absolute Gasteiger partial charge is 0.0675 e. The SMILES string of the molecule is CCC1COC(C)CN1C1(CN)CCCSC1. The predicted octanol–water partition coefficient (Wildman–Crippen LogP) is 1.71. The Hall–Kier alpha value is 0.230. The first-order chi connectivity index (χ1) is 8.22. The lowest BCUT2D eigenvalue weighted by molar-refractivity contribution is -0.0957. The van der Waals surface area contributed by atoms with Gasteiger partial charge in [0.25, 0.3) is 0 Å². The van der Waals surface area contributed by atoms with E-state index in [-0.39, 0.29) is 5.54 Å². The summed E-state index contributed by atoms with van der Waals surface area (Å²) in [5, 5.41) is 0. The molecule has 2 saturated heterocycles. The van der Waals surface area contributed by atoms with E-state index >= 15 is 0 Å². The van der Waals surface area contributed by atoms with Gasteiger partial charge in [0.15, 0.2) is 0 Å². The van der Waals surface area contributed by atoms with Gasteiger partial charge in [0.1, 0.15) is 0 Å². The molecular weight excluding hydrogens is 232 g/mol. The topological polar surface area (TPSA) is 38.5 Å². The fourth-order valence-corrected chi connectivity index (χ4v) is 4.41. The summed E-state index contributed by atoms with van der Waals surface area (Å²) in [5.74, 6) is 2.51. The highest BCUT2D eigenvalue weighted by atomic mass is 32.2. The second kappa shape index (κ2) is 5.91. The molecule has 0 aromatic heterocycles. The monoisotopic (exact) mass is 258 g/mol. The molecule has 0 spiro atoms. The van der Waals surface area contributed by atoms with Crippen molar-refractivity contribution in [3.63, 3.8) is 0 Å². The van der Waals surface area contributed by atoms with Gasteiger partial charge in [-0.15, -0.1) is 0 Å². The molecule has 3 nitrogen and oxygen atoms in total. The molecule has 0 aromatic carbocycles. The molecule has 2 rings (SSSR count). The van der Waals surface area contributed by atoms with Gasteiger partial charge in [-0.05, 0) is 31.9 Å². The lowest BCUT2D eigenvalue weighted by Gasteiger charge is -2.52. The van der Waals surface area contributed by atoms with E-state index in [1.807, 2.05) is 0 Å². The van der Waals surface area contributed by atoms with Crippen LogP contribution in [-0.2, 0) is 4.74 Å². The molecule has 2 fully saturated rings. The molecule has 0 saturated carbocycles. The fourth-order valence-electron chi connectivity index (χ4n) is 3.11. The Balaban J connectivity index is 2.14. The maximum atomic E-state index is 6.14. The van der Waals surface area contributed by atoms with Gasteiger partial charge in [-0.1, -0.05) is 6.92 Å². The molecule has 4 heteroatoms. The highest BCUT2D eigenvalue weighted by Gasteiger charge is 2.42. The van der Waals surface area contributed by atoms with E-state index in [1.54, 1.807) is 0 Å². The third-order valence-electron chi connectivity index (χ3n) is 4.23. The van der Waals surface area contributed by atoms with Gasteiger partial charge >= 0.3 is 0 Å². The van der Waals surface area contributed by atoms with Crippen molar-refractivity contribution in [2.75, 3.05) is 31.2 Å². The maximum Gasteiger partial charge on any atom is 0.0675 e. The average Bonchev–Trinajstić information content (AvgIpc) is 2.39. The Kier molecular flexibility index (Phi) is 4.75. The molecule has 0 aromatic rings. The van der Waals surface area contributed by atoms with Crippen LogP contribution >= 0.6 is 11.8 Å². The Morgan fingerprint density at radius 1 is 1.53 bits per heavy atom. The van der Waals surface area contributed by atoms with Crippen molar-refractivity contribution >= 4 is 11.8 Å². The molecule has 2 aliphatic heterocycles. The molecule has 0 radical (unpaired) electrons. The van der Waals surface area contributed by atoms with Crippen LogP contribution in [0.15, 0.2) is 0 Å². The average molecular weight is 258 g/mol. The van der Waals surface area contributed by atoms with Crippen LogP contribution in [0.2, 0.25) is 0 Å². The molecule has 2 heterocycles. The zero-order valence-electron chi connectivity index (χ0n) is 11.2. The summed E-state index contributed by atoms with van der Waals surface area (Å²) in [6.07, 6.45) is 4.09. The maximum absolute atomic E-state index is 6.14. The number of morpholine rings is 1. The van der Waals surface area contributed by atoms with Crippen LogP contribution in [0.5, 0.6) is 0 Å². The predicted molar refractivity (Wildman–Crippen MR) is 74.5 cm³/mol. The summed E-state index contributed by atoms with van der Waals surface area (Å²) >= 11 is 2.07. The first kappa shape index (κ1) is 13.7. The lowest BCUT2D eigenvalue weighted by Crippen LogP contribution is -2.65. The van der Waals surface area contributed by atoms with E-state index in [9.17, 15) is 0 Å². The first-order valence-electron chi connectivity index (χ1n) is 6.88. The minimum Gasteiger partial charge on any atom is -0.376 e. The molecule has 17 heavy (non-hydrogen) atoms. The number of thioether (sulfide) groups is 1. The van der Waals surface area contributed by atoms with Crippen molar-refractivity contribution in [1.29, 1.82) is 0 Å². The summed E-state index contributed by atoms with van der Waals surface area (Å²) in [6.45, 7) is 7.17. The number of nitrogens with zero attached hydrogens (tertiary/aromatic N) is 1. The van der Waals surface area contributed by atoms with Crippen LogP contribution in [0.4, 0.5) is 0 Å². The van der Waals surface area contributed by atoms with E-state index in [4.69, 9.17) is 10.5 Å². The minimum absolute atomic E-state index is 0.238. The molecule has 2 N–H and O–H groups in total. The largest absolute Gasteiger partial charge is 0.376 e. The molecule has 0 amide bonds. The van der Waals surface area contributed by atoms with Crippen molar-refractivity contribution in [1.82, 2.24) is 4.90 Å². The minimum atomic E-state index is 0.238. The Morgan fingerprint density at radius 3 is 2.94 bits per heavy atom. The molecule has 3 unspecified atom stereocenters. The van der Waals surface area contributed by atoms with Crippen LogP contribution in [-0.4, -0.2) is 53.8 Å². The first-order valence-corrected chi connectivity index (χ1v) is 8.03. The Bertz CT molecular complexity index is 244. The number of rotatable bonds is 3. The highest BCUT2D eigenvalue weighted by Crippen LogP contribution is 2.35. The van der Waals surface area contributed by atoms with Gasteiger partial charge < -0.3 is 10.5 Å². The standard InChI is InChI=1S/C13H26N2OS/c1-3-12-8-16-11(2)7-15(12)13(9-14)5-4-6-17-10-13/h11-12H,3-10,14H2,1-2H3. The van der Waals surface area contributed by atoms with Crippen LogP contribution in [0.3, 0.4) is 0 Å². The van der Waals surface area contributed by atoms with Crippen LogP contribution in [0.1, 0.15) is 33.1 Å². The molecule has 2 aliphatic rings. The molecular formula is C13H26N2OS. The molecule has 0 aliphatic carbocycles. The van der Waals surface area contributed by atoms with Crippen molar-refractivity contribution in [2.45, 2.75) is 50.8 Å². The van der Waals surface area contributed by atoms with Crippen molar-refractivity contribution in [3.8, 4) is 0 Å². The second-order valence-electron chi connectivity index (χ2n) is 5.44. The zero-order chi connectivity index (χ0) is 12.3. The summed E-state index contributed by atoms with van der Waals surface area (Å²) in [5.41, 5.74) is 6.37. The highest BCUT2D eigenvalue weighted by molar-refractivity contribution is 7.99. The van der Waals surface area contributed by atoms with E-state index in [1.165, 1.54) is 30.8 Å². The van der Waals surface area contributed by atoms with Gasteiger partial charge in [0, 0.05) is 30.4 Å². The van der Waals surface area contributed by atoms with Crippen LogP contribution in [0.25, 0.3) is 0 Å². The summed E-state index contributed by atoms with van der Waals surface area (Å²) in [7, 11) is 0. The molecule has 3 atom stereocenters. The van der Waals surface area contributed by atoms with Crippen LogP contribution in [0, 0.1) is 0 Å². The molecule has 100 valence electrons. The number of hydrogen-bond donors (Lipinski definition) is 1. The molecule has 0 bridgehead atoms. The summed E-state index contributed by atoms with van der Waals surface area (Å²) < 4.78 is 5.80. The normalized spacial score (nSPS) is 40.4. The Morgan fingerprint density at radius 2 is 2.35 bits per heavy atom. The third-order valence-corrected chi connectivity index (χ3v) is 5.55. The lowest BCUT2D eigenvalue weighted by atomic mass is 9.89. The number of nitrogens with two attached hydrogens (primary N) is 1. The Labute approximate surface area is 109 Å². The van der Waals surface area contributed by atoms with Gasteiger partial charge in [-0.2, -0.15) is 11.8 Å². The number of hydrogen-bond acceptors (Lipinski definition) is 4. The number of ether oxygens (including phenoxy) is 1. The van der Waals surface area contributed by atoms with Gasteiger partial charge in [-0.3, -0.25) is 4.90 Å². The van der Waals surface area contributed by atoms with Gasteiger partial charge in [-0.25, -0.2) is 0 Å². The van der Waals surface area contributed by atoms with E-state index < -0.39 is 0 Å². The third kappa shape index (κ3) is 2.80.